The molecule has 4 nitrogen and oxygen atoms in total. The van der Waals surface area contributed by atoms with Crippen molar-refractivity contribution in [2.45, 2.75) is 43.9 Å². The number of rotatable bonds is 5. The second kappa shape index (κ2) is 7.02. The van der Waals surface area contributed by atoms with E-state index in [0.29, 0.717) is 11.6 Å². The lowest BCUT2D eigenvalue weighted by Crippen LogP contribution is -2.34. The normalized spacial score (nSPS) is 22.1. The highest BCUT2D eigenvalue weighted by Crippen LogP contribution is 2.32. The lowest BCUT2D eigenvalue weighted by molar-refractivity contribution is 0.134. The molecule has 4 N–H and O–H groups in total. The van der Waals surface area contributed by atoms with Crippen molar-refractivity contribution in [2.24, 2.45) is 0 Å². The van der Waals surface area contributed by atoms with E-state index < -0.39 is 6.10 Å². The van der Waals surface area contributed by atoms with Crippen LogP contribution in [0.25, 0.3) is 0 Å². The van der Waals surface area contributed by atoms with E-state index in [9.17, 15) is 15.3 Å². The van der Waals surface area contributed by atoms with Gasteiger partial charge in [0.05, 0.1) is 6.10 Å². The largest absolute Gasteiger partial charge is 0.504 e. The summed E-state index contributed by atoms with van der Waals surface area (Å²) in [5, 5.41) is 32.9. The van der Waals surface area contributed by atoms with Crippen LogP contribution in [-0.4, -0.2) is 27.4 Å². The average Bonchev–Trinajstić information content (AvgIpc) is 3.05. The fraction of sp³-hybridized carbons (Fsp3) is 0.368. The summed E-state index contributed by atoms with van der Waals surface area (Å²) in [6.45, 7) is 0. The second-order valence-electron chi connectivity index (χ2n) is 6.26. The minimum absolute atomic E-state index is 0.0142. The van der Waals surface area contributed by atoms with Gasteiger partial charge in [-0.3, -0.25) is 0 Å². The fourth-order valence-electron chi connectivity index (χ4n) is 3.27. The molecular formula is C19H23NO3. The maximum Gasteiger partial charge on any atom is 0.157 e. The molecular weight excluding hydrogens is 290 g/mol. The molecule has 1 aliphatic rings. The molecule has 0 aromatic heterocycles. The molecule has 0 aliphatic carbocycles. The Kier molecular flexibility index (Phi) is 4.84. The Labute approximate surface area is 136 Å². The number of phenolic OH excluding ortho intramolecular Hbond substituents is 2. The van der Waals surface area contributed by atoms with Crippen LogP contribution in [0.4, 0.5) is 0 Å². The topological polar surface area (TPSA) is 72.7 Å². The second-order valence-corrected chi connectivity index (χ2v) is 6.26. The third-order valence-electron chi connectivity index (χ3n) is 4.62. The van der Waals surface area contributed by atoms with E-state index in [1.807, 2.05) is 6.07 Å². The molecule has 0 bridgehead atoms. The molecule has 3 rings (SSSR count). The number of phenols is 2. The summed E-state index contributed by atoms with van der Waals surface area (Å²) in [6, 6.07) is 15.3. The summed E-state index contributed by atoms with van der Waals surface area (Å²) in [5.41, 5.74) is 1.96. The van der Waals surface area contributed by atoms with Gasteiger partial charge in [0.1, 0.15) is 0 Å². The monoisotopic (exact) mass is 313 g/mol. The van der Waals surface area contributed by atoms with Gasteiger partial charge in [-0.25, -0.2) is 0 Å². The standard InChI is InChI=1S/C19H23NO3/c21-17-11-7-14(12-18(17)22)19(23)16-10-9-15(20-16)8-6-13-4-2-1-3-5-13/h1-5,7,11-12,15-16,19-23H,6,8-10H2/t15-,16-,19?/m0/s1. The Bertz CT molecular complexity index is 644. The highest BCUT2D eigenvalue weighted by atomic mass is 16.3. The number of benzene rings is 2. The maximum absolute atomic E-state index is 10.5. The Morgan fingerprint density at radius 1 is 1.00 bits per heavy atom. The summed E-state index contributed by atoms with van der Waals surface area (Å²) in [5.74, 6) is -0.360. The van der Waals surface area contributed by atoms with Gasteiger partial charge in [-0.15, -0.1) is 0 Å². The van der Waals surface area contributed by atoms with Crippen LogP contribution in [-0.2, 0) is 6.42 Å². The molecule has 4 heteroatoms. The molecule has 1 aliphatic heterocycles. The van der Waals surface area contributed by atoms with Crippen molar-refractivity contribution in [3.8, 4) is 11.5 Å². The van der Waals surface area contributed by atoms with Crippen LogP contribution in [0.15, 0.2) is 48.5 Å². The van der Waals surface area contributed by atoms with E-state index in [1.54, 1.807) is 6.07 Å². The first-order chi connectivity index (χ1) is 11.1. The van der Waals surface area contributed by atoms with Crippen LogP contribution in [0.5, 0.6) is 11.5 Å². The molecule has 1 fully saturated rings. The van der Waals surface area contributed by atoms with E-state index in [2.05, 4.69) is 29.6 Å². The van der Waals surface area contributed by atoms with Crippen LogP contribution in [0.1, 0.15) is 36.5 Å². The van der Waals surface area contributed by atoms with Gasteiger partial charge in [0.15, 0.2) is 11.5 Å². The maximum atomic E-state index is 10.5. The van der Waals surface area contributed by atoms with Gasteiger partial charge in [0.2, 0.25) is 0 Å². The van der Waals surface area contributed by atoms with Crippen molar-refractivity contribution in [3.05, 3.63) is 59.7 Å². The van der Waals surface area contributed by atoms with Crippen LogP contribution in [0.2, 0.25) is 0 Å². The number of aromatic hydroxyl groups is 2. The number of nitrogens with one attached hydrogen (secondary N) is 1. The van der Waals surface area contributed by atoms with Gasteiger partial charge < -0.3 is 20.6 Å². The number of aliphatic hydroxyl groups excluding tert-OH is 1. The van der Waals surface area contributed by atoms with Crippen molar-refractivity contribution < 1.29 is 15.3 Å². The molecule has 122 valence electrons. The summed E-state index contributed by atoms with van der Waals surface area (Å²) in [6.07, 6.45) is 3.35. The predicted molar refractivity (Wildman–Crippen MR) is 89.4 cm³/mol. The molecule has 0 radical (unpaired) electrons. The van der Waals surface area contributed by atoms with E-state index in [0.717, 1.165) is 25.7 Å². The van der Waals surface area contributed by atoms with Gasteiger partial charge in [0.25, 0.3) is 0 Å². The summed E-state index contributed by atoms with van der Waals surface area (Å²) < 4.78 is 0. The molecule has 1 saturated heterocycles. The Balaban J connectivity index is 1.55. The number of hydrogen-bond donors (Lipinski definition) is 4. The van der Waals surface area contributed by atoms with E-state index >= 15 is 0 Å². The van der Waals surface area contributed by atoms with E-state index in [-0.39, 0.29) is 17.5 Å². The summed E-state index contributed by atoms with van der Waals surface area (Å²) in [7, 11) is 0. The van der Waals surface area contributed by atoms with Crippen LogP contribution >= 0.6 is 0 Å². The van der Waals surface area contributed by atoms with E-state index in [1.165, 1.54) is 17.7 Å². The van der Waals surface area contributed by atoms with Crippen LogP contribution < -0.4 is 5.32 Å². The minimum atomic E-state index is -0.678. The zero-order valence-electron chi connectivity index (χ0n) is 13.0. The van der Waals surface area contributed by atoms with Crippen LogP contribution in [0.3, 0.4) is 0 Å². The van der Waals surface area contributed by atoms with Crippen molar-refractivity contribution in [3.63, 3.8) is 0 Å². The van der Waals surface area contributed by atoms with Gasteiger partial charge in [-0.2, -0.15) is 0 Å². The molecule has 2 aromatic rings. The highest BCUT2D eigenvalue weighted by molar-refractivity contribution is 5.41. The molecule has 1 unspecified atom stereocenters. The highest BCUT2D eigenvalue weighted by Gasteiger charge is 2.30. The first-order valence-corrected chi connectivity index (χ1v) is 8.13. The molecule has 0 amide bonds. The molecule has 3 atom stereocenters. The van der Waals surface area contributed by atoms with Gasteiger partial charge >= 0.3 is 0 Å². The Morgan fingerprint density at radius 3 is 2.52 bits per heavy atom. The summed E-state index contributed by atoms with van der Waals surface area (Å²) >= 11 is 0. The average molecular weight is 313 g/mol. The predicted octanol–water partition coefficient (Wildman–Crippen LogP) is 2.88. The first-order valence-electron chi connectivity index (χ1n) is 8.13. The molecule has 2 aromatic carbocycles. The van der Waals surface area contributed by atoms with Gasteiger partial charge in [-0.05, 0) is 48.9 Å². The lowest BCUT2D eigenvalue weighted by atomic mass is 10.0. The van der Waals surface area contributed by atoms with Gasteiger partial charge in [0, 0.05) is 12.1 Å². The van der Waals surface area contributed by atoms with Crippen molar-refractivity contribution >= 4 is 0 Å². The Hall–Kier alpha value is -2.04. The number of aryl methyl sites for hydroxylation is 1. The third-order valence-corrected chi connectivity index (χ3v) is 4.62. The number of hydrogen-bond acceptors (Lipinski definition) is 4. The first kappa shape index (κ1) is 15.8. The van der Waals surface area contributed by atoms with E-state index in [4.69, 9.17) is 0 Å². The minimum Gasteiger partial charge on any atom is -0.504 e. The quantitative estimate of drug-likeness (QED) is 0.641. The van der Waals surface area contributed by atoms with Crippen LogP contribution in [0, 0.1) is 0 Å². The molecule has 1 heterocycles. The van der Waals surface area contributed by atoms with Gasteiger partial charge in [-0.1, -0.05) is 36.4 Å². The van der Waals surface area contributed by atoms with Crippen molar-refractivity contribution in [1.29, 1.82) is 0 Å². The van der Waals surface area contributed by atoms with Crippen molar-refractivity contribution in [1.82, 2.24) is 5.32 Å². The fourth-order valence-corrected chi connectivity index (χ4v) is 3.27. The number of aliphatic hydroxyl groups is 1. The zero-order valence-corrected chi connectivity index (χ0v) is 13.0. The Morgan fingerprint density at radius 2 is 1.78 bits per heavy atom. The lowest BCUT2D eigenvalue weighted by Gasteiger charge is -2.21. The molecule has 23 heavy (non-hydrogen) atoms. The molecule has 0 saturated carbocycles. The zero-order chi connectivity index (χ0) is 16.2. The van der Waals surface area contributed by atoms with Crippen molar-refractivity contribution in [2.75, 3.05) is 0 Å². The summed E-state index contributed by atoms with van der Waals surface area (Å²) in [4.78, 5) is 0. The smallest absolute Gasteiger partial charge is 0.157 e. The molecule has 0 spiro atoms. The SMILES string of the molecule is Oc1ccc(C(O)[C@@H]2CC[C@H](CCc3ccccc3)N2)cc1O. The third kappa shape index (κ3) is 3.84.